The minimum Gasteiger partial charge on any atom is -0.314 e. The SMILES string of the molecule is CCNC(Cc1ccc(Cl)cc1Cl)CC1CC2CCC1C2. The quantitative estimate of drug-likeness (QED) is 0.744. The lowest BCUT2D eigenvalue weighted by Crippen LogP contribution is -2.34. The number of rotatable bonds is 6. The van der Waals surface area contributed by atoms with Crippen LogP contribution in [0, 0.1) is 17.8 Å². The van der Waals surface area contributed by atoms with Crippen LogP contribution in [0.3, 0.4) is 0 Å². The van der Waals surface area contributed by atoms with Crippen molar-refractivity contribution < 1.29 is 0 Å². The van der Waals surface area contributed by atoms with Gasteiger partial charge in [0.05, 0.1) is 0 Å². The lowest BCUT2D eigenvalue weighted by molar-refractivity contribution is 0.278. The molecule has 0 aromatic heterocycles. The Morgan fingerprint density at radius 1 is 1.24 bits per heavy atom. The van der Waals surface area contributed by atoms with E-state index >= 15 is 0 Å². The second-order valence-corrected chi connectivity index (χ2v) is 7.71. The van der Waals surface area contributed by atoms with Gasteiger partial charge in [-0.3, -0.25) is 0 Å². The largest absolute Gasteiger partial charge is 0.314 e. The fourth-order valence-corrected chi connectivity index (χ4v) is 5.00. The van der Waals surface area contributed by atoms with Crippen LogP contribution >= 0.6 is 23.2 Å². The summed E-state index contributed by atoms with van der Waals surface area (Å²) >= 11 is 12.3. The van der Waals surface area contributed by atoms with Gasteiger partial charge in [-0.15, -0.1) is 0 Å². The summed E-state index contributed by atoms with van der Waals surface area (Å²) in [5.74, 6) is 2.96. The summed E-state index contributed by atoms with van der Waals surface area (Å²) in [6.45, 7) is 3.22. The molecule has 1 aromatic carbocycles. The zero-order chi connectivity index (χ0) is 14.8. The molecule has 0 heterocycles. The Balaban J connectivity index is 1.64. The molecule has 0 saturated heterocycles. The Morgan fingerprint density at radius 3 is 2.71 bits per heavy atom. The normalized spacial score (nSPS) is 29.0. The molecule has 4 unspecified atom stereocenters. The average molecular weight is 326 g/mol. The van der Waals surface area contributed by atoms with Crippen molar-refractivity contribution in [3.63, 3.8) is 0 Å². The van der Waals surface area contributed by atoms with Crippen LogP contribution in [-0.2, 0) is 6.42 Å². The number of likely N-dealkylation sites (N-methyl/N-ethyl adjacent to an activating group) is 1. The summed E-state index contributed by atoms with van der Waals surface area (Å²) < 4.78 is 0. The van der Waals surface area contributed by atoms with Crippen LogP contribution in [0.25, 0.3) is 0 Å². The molecule has 0 aliphatic heterocycles. The van der Waals surface area contributed by atoms with Crippen LogP contribution in [0.2, 0.25) is 10.0 Å². The molecule has 1 nitrogen and oxygen atoms in total. The topological polar surface area (TPSA) is 12.0 Å². The van der Waals surface area contributed by atoms with Crippen LogP contribution in [0.4, 0.5) is 0 Å². The van der Waals surface area contributed by atoms with Crippen molar-refractivity contribution in [1.82, 2.24) is 5.32 Å². The van der Waals surface area contributed by atoms with Gasteiger partial charge >= 0.3 is 0 Å². The second-order valence-electron chi connectivity index (χ2n) is 6.87. The first-order valence-corrected chi connectivity index (χ1v) is 9.08. The van der Waals surface area contributed by atoms with Crippen molar-refractivity contribution in [3.05, 3.63) is 33.8 Å². The summed E-state index contributed by atoms with van der Waals surface area (Å²) in [4.78, 5) is 0. The number of hydrogen-bond acceptors (Lipinski definition) is 1. The zero-order valence-corrected chi connectivity index (χ0v) is 14.3. The van der Waals surface area contributed by atoms with E-state index in [-0.39, 0.29) is 0 Å². The number of hydrogen-bond donors (Lipinski definition) is 1. The smallest absolute Gasteiger partial charge is 0.0453 e. The van der Waals surface area contributed by atoms with Gasteiger partial charge < -0.3 is 5.32 Å². The Kier molecular flexibility index (Phi) is 5.14. The highest BCUT2D eigenvalue weighted by molar-refractivity contribution is 6.35. The molecule has 1 aromatic rings. The van der Waals surface area contributed by atoms with Crippen molar-refractivity contribution in [2.45, 2.75) is 51.5 Å². The summed E-state index contributed by atoms with van der Waals surface area (Å²) in [5, 5.41) is 5.19. The van der Waals surface area contributed by atoms with Crippen LogP contribution in [-0.4, -0.2) is 12.6 Å². The fraction of sp³-hybridized carbons (Fsp3) is 0.667. The average Bonchev–Trinajstić information content (AvgIpc) is 3.04. The summed E-state index contributed by atoms with van der Waals surface area (Å²) in [6.07, 6.45) is 8.21. The third-order valence-electron chi connectivity index (χ3n) is 5.45. The number of halogens is 2. The van der Waals surface area contributed by atoms with E-state index in [0.29, 0.717) is 6.04 Å². The first-order chi connectivity index (χ1) is 10.2. The van der Waals surface area contributed by atoms with Crippen molar-refractivity contribution in [3.8, 4) is 0 Å². The van der Waals surface area contributed by atoms with E-state index in [1.165, 1.54) is 37.7 Å². The van der Waals surface area contributed by atoms with E-state index in [1.807, 2.05) is 12.1 Å². The number of fused-ring (bicyclic) bond motifs is 2. The molecule has 2 aliphatic carbocycles. The predicted octanol–water partition coefficient (Wildman–Crippen LogP) is 5.34. The minimum absolute atomic E-state index is 0.540. The maximum Gasteiger partial charge on any atom is 0.0453 e. The van der Waals surface area contributed by atoms with Gasteiger partial charge in [0.1, 0.15) is 0 Å². The van der Waals surface area contributed by atoms with E-state index in [1.54, 1.807) is 0 Å². The Morgan fingerprint density at radius 2 is 2.10 bits per heavy atom. The van der Waals surface area contributed by atoms with E-state index in [0.717, 1.165) is 40.8 Å². The molecule has 2 saturated carbocycles. The van der Waals surface area contributed by atoms with Gasteiger partial charge in [-0.2, -0.15) is 0 Å². The molecular weight excluding hydrogens is 301 g/mol. The molecule has 116 valence electrons. The maximum atomic E-state index is 6.34. The first kappa shape index (κ1) is 15.6. The van der Waals surface area contributed by atoms with Gasteiger partial charge in [-0.25, -0.2) is 0 Å². The Hall–Kier alpha value is -0.240. The second kappa shape index (κ2) is 6.89. The van der Waals surface area contributed by atoms with Gasteiger partial charge in [0.2, 0.25) is 0 Å². The Labute approximate surface area is 138 Å². The molecule has 21 heavy (non-hydrogen) atoms. The summed E-state index contributed by atoms with van der Waals surface area (Å²) in [5.41, 5.74) is 1.22. The molecule has 1 N–H and O–H groups in total. The lowest BCUT2D eigenvalue weighted by atomic mass is 9.83. The molecule has 3 rings (SSSR count). The molecule has 0 spiro atoms. The van der Waals surface area contributed by atoms with Crippen molar-refractivity contribution >= 4 is 23.2 Å². The maximum absolute atomic E-state index is 6.34. The zero-order valence-electron chi connectivity index (χ0n) is 12.7. The monoisotopic (exact) mass is 325 g/mol. The highest BCUT2D eigenvalue weighted by atomic mass is 35.5. The molecule has 2 bridgehead atoms. The van der Waals surface area contributed by atoms with Crippen LogP contribution < -0.4 is 5.32 Å². The van der Waals surface area contributed by atoms with E-state index < -0.39 is 0 Å². The highest BCUT2D eigenvalue weighted by Crippen LogP contribution is 2.50. The third kappa shape index (κ3) is 3.75. The van der Waals surface area contributed by atoms with E-state index in [4.69, 9.17) is 23.2 Å². The predicted molar refractivity (Wildman–Crippen MR) is 91.2 cm³/mol. The summed E-state index contributed by atoms with van der Waals surface area (Å²) in [7, 11) is 0. The molecular formula is C18H25Cl2N. The minimum atomic E-state index is 0.540. The van der Waals surface area contributed by atoms with Gasteiger partial charge in [-0.1, -0.05) is 42.6 Å². The van der Waals surface area contributed by atoms with Crippen molar-refractivity contribution in [1.29, 1.82) is 0 Å². The number of benzene rings is 1. The van der Waals surface area contributed by atoms with Crippen LogP contribution in [0.15, 0.2) is 18.2 Å². The molecule has 3 heteroatoms. The Bertz CT molecular complexity index is 488. The molecule has 4 atom stereocenters. The van der Waals surface area contributed by atoms with Gasteiger partial charge in [0.15, 0.2) is 0 Å². The summed E-state index contributed by atoms with van der Waals surface area (Å²) in [6, 6.07) is 6.43. The lowest BCUT2D eigenvalue weighted by Gasteiger charge is -2.27. The molecule has 0 amide bonds. The molecule has 0 radical (unpaired) electrons. The third-order valence-corrected chi connectivity index (χ3v) is 6.03. The van der Waals surface area contributed by atoms with Gasteiger partial charge in [0, 0.05) is 16.1 Å². The molecule has 2 aliphatic rings. The van der Waals surface area contributed by atoms with Gasteiger partial charge in [0.25, 0.3) is 0 Å². The van der Waals surface area contributed by atoms with Gasteiger partial charge in [-0.05, 0) is 74.1 Å². The van der Waals surface area contributed by atoms with Crippen molar-refractivity contribution in [2.75, 3.05) is 6.54 Å². The first-order valence-electron chi connectivity index (χ1n) is 8.33. The van der Waals surface area contributed by atoms with E-state index in [9.17, 15) is 0 Å². The number of nitrogens with one attached hydrogen (secondary N) is 1. The fourth-order valence-electron chi connectivity index (χ4n) is 4.51. The van der Waals surface area contributed by atoms with E-state index in [2.05, 4.69) is 18.3 Å². The molecule has 2 fully saturated rings. The standard InChI is InChI=1S/C18H25Cl2N/c1-2-21-17(9-14-5-6-16(19)11-18(14)20)10-15-8-12-3-4-13(15)7-12/h5-6,11-13,15,17,21H,2-4,7-10H2,1H3. The van der Waals surface area contributed by atoms with Crippen molar-refractivity contribution in [2.24, 2.45) is 17.8 Å². The van der Waals surface area contributed by atoms with Crippen LogP contribution in [0.5, 0.6) is 0 Å². The highest BCUT2D eigenvalue weighted by Gasteiger charge is 2.40. The van der Waals surface area contributed by atoms with Crippen LogP contribution in [0.1, 0.15) is 44.6 Å².